The summed E-state index contributed by atoms with van der Waals surface area (Å²) in [7, 11) is 0. The first kappa shape index (κ1) is 23.5. The lowest BCUT2D eigenvalue weighted by Crippen LogP contribution is -2.42. The third-order valence-corrected chi connectivity index (χ3v) is 8.30. The zero-order chi connectivity index (χ0) is 24.6. The molecule has 2 fully saturated rings. The lowest BCUT2D eigenvalue weighted by molar-refractivity contribution is 0.0391. The third kappa shape index (κ3) is 4.28. The fourth-order valence-corrected chi connectivity index (χ4v) is 6.46. The number of rotatable bonds is 5. The summed E-state index contributed by atoms with van der Waals surface area (Å²) in [5.41, 5.74) is 5.78. The number of fused-ring (bicyclic) bond motifs is 5. The highest BCUT2D eigenvalue weighted by molar-refractivity contribution is 5.99. The monoisotopic (exact) mass is 491 g/mol. The van der Waals surface area contributed by atoms with Crippen LogP contribution in [0.2, 0.25) is 0 Å². The molecule has 1 saturated carbocycles. The Morgan fingerprint density at radius 1 is 0.972 bits per heavy atom. The molecule has 3 heterocycles. The van der Waals surface area contributed by atoms with E-state index < -0.39 is 5.97 Å². The Morgan fingerprint density at radius 2 is 1.78 bits per heavy atom. The molecule has 0 atom stereocenters. The number of aromatic carboxylic acids is 1. The van der Waals surface area contributed by atoms with E-state index in [1.807, 2.05) is 18.2 Å². The van der Waals surface area contributed by atoms with E-state index in [9.17, 15) is 14.3 Å². The van der Waals surface area contributed by atoms with E-state index in [4.69, 9.17) is 4.74 Å². The Kier molecular flexibility index (Phi) is 6.44. The smallest absolute Gasteiger partial charge is 0.335 e. The fraction of sp³-hybridized carbons (Fsp3) is 0.483. The molecule has 7 heteroatoms. The van der Waals surface area contributed by atoms with E-state index in [1.54, 1.807) is 18.2 Å². The number of hydrogen-bond donors (Lipinski definition) is 1. The van der Waals surface area contributed by atoms with Crippen molar-refractivity contribution in [1.29, 1.82) is 0 Å². The molecule has 2 aliphatic heterocycles. The zero-order valence-corrected chi connectivity index (χ0v) is 20.7. The molecule has 1 aliphatic carbocycles. The van der Waals surface area contributed by atoms with E-state index in [1.165, 1.54) is 24.8 Å². The average Bonchev–Trinajstić information content (AvgIpc) is 3.14. The Labute approximate surface area is 211 Å². The van der Waals surface area contributed by atoms with Gasteiger partial charge in [0.05, 0.1) is 24.5 Å². The minimum absolute atomic E-state index is 0.220. The Balaban J connectivity index is 1.48. The van der Waals surface area contributed by atoms with Crippen LogP contribution < -0.4 is 4.90 Å². The van der Waals surface area contributed by atoms with Gasteiger partial charge >= 0.3 is 5.97 Å². The van der Waals surface area contributed by atoms with Crippen molar-refractivity contribution < 1.29 is 19.0 Å². The van der Waals surface area contributed by atoms with Gasteiger partial charge in [0.15, 0.2) is 0 Å². The number of anilines is 1. The largest absolute Gasteiger partial charge is 0.478 e. The maximum Gasteiger partial charge on any atom is 0.335 e. The summed E-state index contributed by atoms with van der Waals surface area (Å²) in [6.45, 7) is 6.60. The predicted molar refractivity (Wildman–Crippen MR) is 140 cm³/mol. The summed E-state index contributed by atoms with van der Waals surface area (Å²) in [4.78, 5) is 16.6. The van der Waals surface area contributed by atoms with Crippen molar-refractivity contribution in [3.05, 3.63) is 53.3 Å². The first-order valence-corrected chi connectivity index (χ1v) is 13.3. The van der Waals surface area contributed by atoms with Gasteiger partial charge in [-0.25, -0.2) is 9.18 Å². The molecule has 0 radical (unpaired) electrons. The quantitative estimate of drug-likeness (QED) is 0.522. The summed E-state index contributed by atoms with van der Waals surface area (Å²) < 4.78 is 22.5. The normalized spacial score (nSPS) is 19.2. The van der Waals surface area contributed by atoms with E-state index in [0.717, 1.165) is 93.2 Å². The van der Waals surface area contributed by atoms with Crippen LogP contribution in [0.3, 0.4) is 0 Å². The zero-order valence-electron chi connectivity index (χ0n) is 20.7. The molecule has 36 heavy (non-hydrogen) atoms. The highest BCUT2D eigenvalue weighted by Gasteiger charge is 2.31. The van der Waals surface area contributed by atoms with E-state index >= 15 is 0 Å². The molecule has 1 saturated heterocycles. The molecular weight excluding hydrogens is 457 g/mol. The van der Waals surface area contributed by atoms with Crippen LogP contribution in [0.25, 0.3) is 22.2 Å². The van der Waals surface area contributed by atoms with E-state index in [2.05, 4.69) is 14.4 Å². The van der Waals surface area contributed by atoms with Gasteiger partial charge in [-0.05, 0) is 54.7 Å². The van der Waals surface area contributed by atoms with E-state index in [-0.39, 0.29) is 5.82 Å². The van der Waals surface area contributed by atoms with Gasteiger partial charge in [-0.2, -0.15) is 0 Å². The van der Waals surface area contributed by atoms with Crippen LogP contribution in [0.15, 0.2) is 36.4 Å². The summed E-state index contributed by atoms with van der Waals surface area (Å²) >= 11 is 0. The molecule has 190 valence electrons. The van der Waals surface area contributed by atoms with Crippen LogP contribution in [-0.2, 0) is 11.3 Å². The van der Waals surface area contributed by atoms with Gasteiger partial charge in [0, 0.05) is 61.4 Å². The van der Waals surface area contributed by atoms with Gasteiger partial charge in [-0.3, -0.25) is 4.90 Å². The summed E-state index contributed by atoms with van der Waals surface area (Å²) in [6, 6.07) is 10.8. The van der Waals surface area contributed by atoms with Crippen LogP contribution in [0.1, 0.15) is 53.9 Å². The molecule has 6 rings (SSSR count). The number of benzene rings is 2. The number of ether oxygens (including phenoxy) is 1. The predicted octanol–water partition coefficient (Wildman–Crippen LogP) is 5.35. The minimum atomic E-state index is -0.908. The number of halogens is 1. The Bertz CT molecular complexity index is 1270. The molecular formula is C29H34FN3O3. The van der Waals surface area contributed by atoms with Crippen molar-refractivity contribution in [2.24, 2.45) is 0 Å². The number of nitrogens with zero attached hydrogens (tertiary/aromatic N) is 3. The van der Waals surface area contributed by atoms with Crippen molar-refractivity contribution in [3.8, 4) is 11.3 Å². The SMILES string of the molecule is O=C(O)c1ccc2c(C3CCCCC3)c3n(c2c1)CCN(CCN1CCOCC1)c1cc(F)ccc1-3. The van der Waals surface area contributed by atoms with Crippen molar-refractivity contribution >= 4 is 22.6 Å². The van der Waals surface area contributed by atoms with Gasteiger partial charge in [0.25, 0.3) is 0 Å². The van der Waals surface area contributed by atoms with Crippen LogP contribution in [0.5, 0.6) is 0 Å². The number of carbonyl (C=O) groups is 1. The number of aromatic nitrogens is 1. The third-order valence-electron chi connectivity index (χ3n) is 8.30. The average molecular weight is 492 g/mol. The fourth-order valence-electron chi connectivity index (χ4n) is 6.46. The summed E-state index contributed by atoms with van der Waals surface area (Å²) in [5, 5.41) is 10.9. The Morgan fingerprint density at radius 3 is 2.56 bits per heavy atom. The molecule has 1 aromatic heterocycles. The molecule has 0 spiro atoms. The highest BCUT2D eigenvalue weighted by Crippen LogP contribution is 2.47. The lowest BCUT2D eigenvalue weighted by atomic mass is 9.81. The second-order valence-electron chi connectivity index (χ2n) is 10.4. The summed E-state index contributed by atoms with van der Waals surface area (Å²) in [5.74, 6) is -0.692. The van der Waals surface area contributed by atoms with Crippen LogP contribution >= 0.6 is 0 Å². The highest BCUT2D eigenvalue weighted by atomic mass is 19.1. The van der Waals surface area contributed by atoms with Gasteiger partial charge in [0.2, 0.25) is 0 Å². The Hall–Kier alpha value is -2.90. The maximum absolute atomic E-state index is 14.6. The van der Waals surface area contributed by atoms with Gasteiger partial charge in [0.1, 0.15) is 5.82 Å². The molecule has 0 bridgehead atoms. The number of carboxylic acid groups (broad SMARTS) is 1. The van der Waals surface area contributed by atoms with Crippen LogP contribution in [0, 0.1) is 5.82 Å². The molecule has 0 unspecified atom stereocenters. The van der Waals surface area contributed by atoms with Gasteiger partial charge in [-0.1, -0.05) is 25.3 Å². The number of hydrogen-bond acceptors (Lipinski definition) is 4. The number of morpholine rings is 1. The van der Waals surface area contributed by atoms with Crippen molar-refractivity contribution in [2.75, 3.05) is 50.8 Å². The molecule has 1 N–H and O–H groups in total. The first-order valence-electron chi connectivity index (χ1n) is 13.3. The van der Waals surface area contributed by atoms with E-state index in [0.29, 0.717) is 11.5 Å². The van der Waals surface area contributed by atoms with Gasteiger partial charge < -0.3 is 19.3 Å². The summed E-state index contributed by atoms with van der Waals surface area (Å²) in [6.07, 6.45) is 5.98. The second kappa shape index (κ2) is 9.87. The minimum Gasteiger partial charge on any atom is -0.478 e. The molecule has 3 aromatic rings. The van der Waals surface area contributed by atoms with Crippen molar-refractivity contribution in [2.45, 2.75) is 44.6 Å². The van der Waals surface area contributed by atoms with Crippen molar-refractivity contribution in [1.82, 2.24) is 9.47 Å². The van der Waals surface area contributed by atoms with Gasteiger partial charge in [-0.15, -0.1) is 0 Å². The molecule has 2 aromatic carbocycles. The molecule has 0 amide bonds. The standard InChI is InChI=1S/C29H34FN3O3/c30-22-7-9-24-25(19-22)32(11-10-31-14-16-36-17-15-31)12-13-33-26-18-21(29(34)35)6-8-23(26)27(28(24)33)20-4-2-1-3-5-20/h6-9,18-20H,1-5,10-17H2,(H,34,35). The van der Waals surface area contributed by atoms with Crippen LogP contribution in [0.4, 0.5) is 10.1 Å². The van der Waals surface area contributed by atoms with Crippen LogP contribution in [-0.4, -0.2) is 66.5 Å². The first-order chi connectivity index (χ1) is 17.6. The maximum atomic E-state index is 14.6. The topological polar surface area (TPSA) is 57.9 Å². The lowest BCUT2D eigenvalue weighted by Gasteiger charge is -2.31. The molecule has 6 nitrogen and oxygen atoms in total. The number of carboxylic acids is 1. The molecule has 3 aliphatic rings. The second-order valence-corrected chi connectivity index (χ2v) is 10.4. The van der Waals surface area contributed by atoms with Crippen molar-refractivity contribution in [3.63, 3.8) is 0 Å².